The molecule has 0 saturated heterocycles. The molecule has 0 N–H and O–H groups in total. The molecule has 2 aromatic rings. The van der Waals surface area contributed by atoms with Gasteiger partial charge in [0.25, 0.3) is 0 Å². The maximum atomic E-state index is 12.9. The molecule has 2 rings (SSSR count). The van der Waals surface area contributed by atoms with E-state index in [2.05, 4.69) is 15.5 Å². The van der Waals surface area contributed by atoms with Crippen molar-refractivity contribution in [2.45, 2.75) is 19.5 Å². The molecule has 1 amide bonds. The highest BCUT2D eigenvalue weighted by atomic mass is 19.1. The SMILES string of the molecule is CC(c1ccc(F)cc1)N(C)C(=O)Cn1cnnn1. The van der Waals surface area contributed by atoms with E-state index in [0.717, 1.165) is 5.56 Å². The van der Waals surface area contributed by atoms with E-state index in [1.54, 1.807) is 24.1 Å². The molecule has 0 aliphatic carbocycles. The zero-order chi connectivity index (χ0) is 13.8. The molecule has 0 aliphatic heterocycles. The number of carbonyl (C=O) groups excluding carboxylic acids is 1. The number of hydrogen-bond acceptors (Lipinski definition) is 4. The number of halogens is 1. The maximum absolute atomic E-state index is 12.9. The van der Waals surface area contributed by atoms with Crippen LogP contribution in [0.4, 0.5) is 4.39 Å². The predicted octanol–water partition coefficient (Wildman–Crippen LogP) is 1.03. The van der Waals surface area contributed by atoms with Gasteiger partial charge in [-0.1, -0.05) is 12.1 Å². The van der Waals surface area contributed by atoms with Crippen molar-refractivity contribution in [1.82, 2.24) is 25.1 Å². The van der Waals surface area contributed by atoms with Crippen molar-refractivity contribution in [3.63, 3.8) is 0 Å². The molecule has 6 nitrogen and oxygen atoms in total. The van der Waals surface area contributed by atoms with Gasteiger partial charge in [0.05, 0.1) is 6.04 Å². The van der Waals surface area contributed by atoms with Gasteiger partial charge in [0.2, 0.25) is 5.91 Å². The molecule has 0 spiro atoms. The summed E-state index contributed by atoms with van der Waals surface area (Å²) in [5.41, 5.74) is 0.869. The minimum atomic E-state index is -0.293. The second-order valence-electron chi connectivity index (χ2n) is 4.24. The highest BCUT2D eigenvalue weighted by Crippen LogP contribution is 2.19. The second-order valence-corrected chi connectivity index (χ2v) is 4.24. The molecule has 1 unspecified atom stereocenters. The molecule has 1 aromatic carbocycles. The van der Waals surface area contributed by atoms with E-state index < -0.39 is 0 Å². The number of nitrogens with zero attached hydrogens (tertiary/aromatic N) is 5. The van der Waals surface area contributed by atoms with E-state index in [0.29, 0.717) is 0 Å². The van der Waals surface area contributed by atoms with Crippen LogP contribution < -0.4 is 0 Å². The summed E-state index contributed by atoms with van der Waals surface area (Å²) in [5.74, 6) is -0.414. The Labute approximate surface area is 109 Å². The average molecular weight is 263 g/mol. The van der Waals surface area contributed by atoms with Crippen LogP contribution in [-0.2, 0) is 11.3 Å². The van der Waals surface area contributed by atoms with Crippen LogP contribution >= 0.6 is 0 Å². The summed E-state index contributed by atoms with van der Waals surface area (Å²) in [4.78, 5) is 13.6. The molecule has 0 saturated carbocycles. The number of hydrogen-bond donors (Lipinski definition) is 0. The van der Waals surface area contributed by atoms with Crippen LogP contribution in [0.1, 0.15) is 18.5 Å². The second kappa shape index (κ2) is 5.55. The first-order valence-electron chi connectivity index (χ1n) is 5.80. The lowest BCUT2D eigenvalue weighted by molar-refractivity contribution is -0.132. The third-order valence-corrected chi connectivity index (χ3v) is 3.02. The number of amides is 1. The van der Waals surface area contributed by atoms with Gasteiger partial charge in [-0.15, -0.1) is 5.10 Å². The Morgan fingerprint density at radius 3 is 2.68 bits per heavy atom. The first-order valence-corrected chi connectivity index (χ1v) is 5.80. The monoisotopic (exact) mass is 263 g/mol. The highest BCUT2D eigenvalue weighted by molar-refractivity contribution is 5.76. The summed E-state index contributed by atoms with van der Waals surface area (Å²) in [6, 6.07) is 5.95. The number of carbonyl (C=O) groups is 1. The van der Waals surface area contributed by atoms with Crippen LogP contribution in [-0.4, -0.2) is 38.1 Å². The topological polar surface area (TPSA) is 63.9 Å². The third kappa shape index (κ3) is 3.12. The molecule has 1 aromatic heterocycles. The van der Waals surface area contributed by atoms with Crippen molar-refractivity contribution < 1.29 is 9.18 Å². The molecule has 0 bridgehead atoms. The van der Waals surface area contributed by atoms with Crippen molar-refractivity contribution in [2.24, 2.45) is 0 Å². The first kappa shape index (κ1) is 13.1. The van der Waals surface area contributed by atoms with E-state index >= 15 is 0 Å². The van der Waals surface area contributed by atoms with E-state index in [4.69, 9.17) is 0 Å². The van der Waals surface area contributed by atoms with Crippen LogP contribution in [0.25, 0.3) is 0 Å². The number of tetrazole rings is 1. The Morgan fingerprint density at radius 2 is 2.11 bits per heavy atom. The number of likely N-dealkylation sites (N-methyl/N-ethyl adjacent to an activating group) is 1. The maximum Gasteiger partial charge on any atom is 0.244 e. The lowest BCUT2D eigenvalue weighted by Gasteiger charge is -2.25. The van der Waals surface area contributed by atoms with Gasteiger partial charge >= 0.3 is 0 Å². The van der Waals surface area contributed by atoms with Gasteiger partial charge in [-0.05, 0) is 35.0 Å². The van der Waals surface area contributed by atoms with Crippen LogP contribution in [0.3, 0.4) is 0 Å². The Morgan fingerprint density at radius 1 is 1.42 bits per heavy atom. The minimum Gasteiger partial charge on any atom is -0.337 e. The molecular weight excluding hydrogens is 249 g/mol. The van der Waals surface area contributed by atoms with Gasteiger partial charge in [-0.2, -0.15) is 0 Å². The zero-order valence-corrected chi connectivity index (χ0v) is 10.7. The third-order valence-electron chi connectivity index (χ3n) is 3.02. The lowest BCUT2D eigenvalue weighted by Crippen LogP contribution is -2.32. The van der Waals surface area contributed by atoms with E-state index in [-0.39, 0.29) is 24.3 Å². The van der Waals surface area contributed by atoms with Crippen molar-refractivity contribution >= 4 is 5.91 Å². The molecule has 0 fully saturated rings. The van der Waals surface area contributed by atoms with Gasteiger partial charge in [0.15, 0.2) is 0 Å². The Kier molecular flexibility index (Phi) is 3.84. The van der Waals surface area contributed by atoms with Gasteiger partial charge in [-0.3, -0.25) is 4.79 Å². The summed E-state index contributed by atoms with van der Waals surface area (Å²) < 4.78 is 14.2. The molecule has 0 radical (unpaired) electrons. The van der Waals surface area contributed by atoms with Crippen molar-refractivity contribution in [3.05, 3.63) is 42.0 Å². The van der Waals surface area contributed by atoms with Crippen molar-refractivity contribution in [3.8, 4) is 0 Å². The fourth-order valence-electron chi connectivity index (χ4n) is 1.68. The zero-order valence-electron chi connectivity index (χ0n) is 10.7. The highest BCUT2D eigenvalue weighted by Gasteiger charge is 2.18. The lowest BCUT2D eigenvalue weighted by atomic mass is 10.1. The molecule has 19 heavy (non-hydrogen) atoms. The number of benzene rings is 1. The average Bonchev–Trinajstić information content (AvgIpc) is 2.90. The van der Waals surface area contributed by atoms with E-state index in [1.807, 2.05) is 6.92 Å². The first-order chi connectivity index (χ1) is 9.08. The summed E-state index contributed by atoms with van der Waals surface area (Å²) in [6.07, 6.45) is 1.38. The van der Waals surface area contributed by atoms with Crippen molar-refractivity contribution in [2.75, 3.05) is 7.05 Å². The fourth-order valence-corrected chi connectivity index (χ4v) is 1.68. The Bertz CT molecular complexity index is 540. The van der Waals surface area contributed by atoms with Gasteiger partial charge in [-0.25, -0.2) is 9.07 Å². The van der Waals surface area contributed by atoms with Crippen LogP contribution in [0.5, 0.6) is 0 Å². The molecule has 100 valence electrons. The Hall–Kier alpha value is -2.31. The smallest absolute Gasteiger partial charge is 0.244 e. The summed E-state index contributed by atoms with van der Waals surface area (Å²) in [5, 5.41) is 10.6. The molecule has 1 atom stereocenters. The quantitative estimate of drug-likeness (QED) is 0.826. The molecule has 1 heterocycles. The van der Waals surface area contributed by atoms with E-state index in [1.165, 1.54) is 23.1 Å². The van der Waals surface area contributed by atoms with Crippen molar-refractivity contribution in [1.29, 1.82) is 0 Å². The predicted molar refractivity (Wildman–Crippen MR) is 65.4 cm³/mol. The number of aromatic nitrogens is 4. The van der Waals surface area contributed by atoms with E-state index in [9.17, 15) is 9.18 Å². The molecule has 0 aliphatic rings. The Balaban J connectivity index is 2.04. The van der Waals surface area contributed by atoms with Crippen LogP contribution in [0.15, 0.2) is 30.6 Å². The molecule has 7 heteroatoms. The van der Waals surface area contributed by atoms with Gasteiger partial charge in [0.1, 0.15) is 18.7 Å². The summed E-state index contributed by atoms with van der Waals surface area (Å²) in [6.45, 7) is 1.96. The largest absolute Gasteiger partial charge is 0.337 e. The van der Waals surface area contributed by atoms with Crippen LogP contribution in [0.2, 0.25) is 0 Å². The van der Waals surface area contributed by atoms with Gasteiger partial charge < -0.3 is 4.90 Å². The minimum absolute atomic E-state index is 0.0784. The summed E-state index contributed by atoms with van der Waals surface area (Å²) >= 11 is 0. The normalized spacial score (nSPS) is 12.2. The van der Waals surface area contributed by atoms with Gasteiger partial charge in [0, 0.05) is 7.05 Å². The number of rotatable bonds is 4. The van der Waals surface area contributed by atoms with Crippen LogP contribution in [0, 0.1) is 5.82 Å². The molecular formula is C12H14FN5O. The summed E-state index contributed by atoms with van der Waals surface area (Å²) in [7, 11) is 1.70. The standard InChI is InChI=1S/C12H14FN5O/c1-9(10-3-5-11(13)6-4-10)17(2)12(19)7-18-8-14-15-16-18/h3-6,8-9H,7H2,1-2H3. The fraction of sp³-hybridized carbons (Fsp3) is 0.333.